The van der Waals surface area contributed by atoms with Crippen molar-refractivity contribution in [3.8, 4) is 0 Å². The lowest BCUT2D eigenvalue weighted by molar-refractivity contribution is -0.143. The Morgan fingerprint density at radius 1 is 1.50 bits per heavy atom. The summed E-state index contributed by atoms with van der Waals surface area (Å²) in [5.41, 5.74) is 0. The molecule has 1 saturated heterocycles. The fourth-order valence-electron chi connectivity index (χ4n) is 0.990. The van der Waals surface area contributed by atoms with Crippen molar-refractivity contribution < 1.29 is 20.1 Å². The highest BCUT2D eigenvalue weighted by Gasteiger charge is 2.34. The van der Waals surface area contributed by atoms with Crippen LogP contribution in [0.4, 0.5) is 0 Å². The largest absolute Gasteiger partial charge is 0.391 e. The van der Waals surface area contributed by atoms with Gasteiger partial charge in [0, 0.05) is 6.42 Å². The van der Waals surface area contributed by atoms with Gasteiger partial charge in [0.1, 0.15) is 6.10 Å². The van der Waals surface area contributed by atoms with Crippen LogP contribution < -0.4 is 0 Å². The van der Waals surface area contributed by atoms with Crippen molar-refractivity contribution in [3.05, 3.63) is 0 Å². The molecule has 4 heteroatoms. The second-order valence-corrected chi connectivity index (χ2v) is 2.61. The van der Waals surface area contributed by atoms with Gasteiger partial charge in [0.2, 0.25) is 0 Å². The maximum Gasteiger partial charge on any atom is 0.181 e. The van der Waals surface area contributed by atoms with Gasteiger partial charge in [-0.2, -0.15) is 0 Å². The molecule has 4 nitrogen and oxygen atoms in total. The van der Waals surface area contributed by atoms with Crippen LogP contribution in [0, 0.1) is 0 Å². The van der Waals surface area contributed by atoms with E-state index in [1.54, 1.807) is 6.92 Å². The molecule has 0 aromatic rings. The lowest BCUT2D eigenvalue weighted by Gasteiger charge is -2.11. The number of ether oxygens (including phenoxy) is 1. The molecule has 0 saturated carbocycles. The molecule has 3 N–H and O–H groups in total. The number of hydrogen-bond donors (Lipinski definition) is 3. The van der Waals surface area contributed by atoms with Crippen LogP contribution >= 0.6 is 0 Å². The van der Waals surface area contributed by atoms with Crippen LogP contribution in [0.5, 0.6) is 0 Å². The molecule has 1 fully saturated rings. The third-order valence-electron chi connectivity index (χ3n) is 1.66. The number of rotatable bonds is 1. The normalized spacial score (nSPS) is 43.8. The highest BCUT2D eigenvalue weighted by atomic mass is 16.6. The van der Waals surface area contributed by atoms with E-state index < -0.39 is 24.6 Å². The zero-order chi connectivity index (χ0) is 7.72. The van der Waals surface area contributed by atoms with E-state index >= 15 is 0 Å². The summed E-state index contributed by atoms with van der Waals surface area (Å²) in [4.78, 5) is 0. The molecule has 0 aliphatic carbocycles. The average molecular weight is 148 g/mol. The minimum atomic E-state index is -1.13. The minimum Gasteiger partial charge on any atom is -0.391 e. The van der Waals surface area contributed by atoms with Gasteiger partial charge < -0.3 is 20.1 Å². The Bertz CT molecular complexity index is 104. The molecule has 10 heavy (non-hydrogen) atoms. The van der Waals surface area contributed by atoms with E-state index in [4.69, 9.17) is 20.1 Å². The van der Waals surface area contributed by atoms with Gasteiger partial charge >= 0.3 is 0 Å². The number of hydrogen-bond acceptors (Lipinski definition) is 4. The predicted octanol–water partition coefficient (Wildman–Crippen LogP) is -1.16. The molecule has 0 aromatic carbocycles. The first-order chi connectivity index (χ1) is 4.61. The summed E-state index contributed by atoms with van der Waals surface area (Å²) in [5.74, 6) is 0. The number of aliphatic hydroxyl groups is 3. The molecule has 1 rings (SSSR count). The van der Waals surface area contributed by atoms with Gasteiger partial charge in [-0.1, -0.05) is 0 Å². The maximum absolute atomic E-state index is 8.94. The molecule has 0 aromatic heterocycles. The summed E-state index contributed by atoms with van der Waals surface area (Å²) in [6.45, 7) is 1.56. The minimum absolute atomic E-state index is 0.304. The second-order valence-electron chi connectivity index (χ2n) is 2.61. The third kappa shape index (κ3) is 1.46. The highest BCUT2D eigenvalue weighted by Crippen LogP contribution is 2.20. The molecule has 0 radical (unpaired) electrons. The first-order valence-corrected chi connectivity index (χ1v) is 3.31. The number of aliphatic hydroxyl groups excluding tert-OH is 3. The molecule has 0 amide bonds. The molecule has 4 atom stereocenters. The van der Waals surface area contributed by atoms with Crippen molar-refractivity contribution in [1.82, 2.24) is 0 Å². The first-order valence-electron chi connectivity index (χ1n) is 3.31. The van der Waals surface area contributed by atoms with Crippen molar-refractivity contribution in [2.75, 3.05) is 0 Å². The smallest absolute Gasteiger partial charge is 0.181 e. The Hall–Kier alpha value is -0.160. The molecule has 0 spiro atoms. The van der Waals surface area contributed by atoms with Gasteiger partial charge in [0.15, 0.2) is 6.29 Å². The Balaban J connectivity index is 2.41. The average Bonchev–Trinajstić information content (AvgIpc) is 2.13. The van der Waals surface area contributed by atoms with E-state index in [1.165, 1.54) is 0 Å². The summed E-state index contributed by atoms with van der Waals surface area (Å²) in [6, 6.07) is 0. The summed E-state index contributed by atoms with van der Waals surface area (Å²) in [5, 5.41) is 26.7. The van der Waals surface area contributed by atoms with Gasteiger partial charge in [0.05, 0.1) is 12.2 Å². The van der Waals surface area contributed by atoms with Crippen LogP contribution in [-0.4, -0.2) is 39.9 Å². The van der Waals surface area contributed by atoms with Crippen molar-refractivity contribution in [2.45, 2.75) is 37.9 Å². The lowest BCUT2D eigenvalue weighted by Crippen LogP contribution is -2.22. The van der Waals surface area contributed by atoms with Crippen LogP contribution in [0.2, 0.25) is 0 Å². The van der Waals surface area contributed by atoms with Gasteiger partial charge in [-0.05, 0) is 6.92 Å². The van der Waals surface area contributed by atoms with Gasteiger partial charge in [-0.15, -0.1) is 0 Å². The van der Waals surface area contributed by atoms with Crippen molar-refractivity contribution in [3.63, 3.8) is 0 Å². The SMILES string of the molecule is C[C@@H](O)[C@H]1C[C@@H](O)[C@H](O)O1. The summed E-state index contributed by atoms with van der Waals surface area (Å²) >= 11 is 0. The Morgan fingerprint density at radius 2 is 2.10 bits per heavy atom. The monoisotopic (exact) mass is 148 g/mol. The van der Waals surface area contributed by atoms with Crippen molar-refractivity contribution in [2.24, 2.45) is 0 Å². The summed E-state index contributed by atoms with van der Waals surface area (Å²) in [7, 11) is 0. The van der Waals surface area contributed by atoms with Crippen LogP contribution in [0.25, 0.3) is 0 Å². The van der Waals surface area contributed by atoms with Crippen LogP contribution in [0.15, 0.2) is 0 Å². The fourth-order valence-corrected chi connectivity index (χ4v) is 0.990. The van der Waals surface area contributed by atoms with E-state index in [1.807, 2.05) is 0 Å². The zero-order valence-electron chi connectivity index (χ0n) is 5.77. The Labute approximate surface area is 59.1 Å². The highest BCUT2D eigenvalue weighted by molar-refractivity contribution is 4.78. The second kappa shape index (κ2) is 2.84. The molecule has 0 unspecified atom stereocenters. The van der Waals surface area contributed by atoms with E-state index in [9.17, 15) is 0 Å². The lowest BCUT2D eigenvalue weighted by atomic mass is 10.1. The molecule has 0 bridgehead atoms. The Kier molecular flexibility index (Phi) is 2.25. The molecule has 60 valence electrons. The molecular formula is C6H12O4. The van der Waals surface area contributed by atoms with Crippen molar-refractivity contribution >= 4 is 0 Å². The van der Waals surface area contributed by atoms with E-state index in [0.717, 1.165) is 0 Å². The fraction of sp³-hybridized carbons (Fsp3) is 1.00. The van der Waals surface area contributed by atoms with Crippen LogP contribution in [-0.2, 0) is 4.74 Å². The third-order valence-corrected chi connectivity index (χ3v) is 1.66. The zero-order valence-corrected chi connectivity index (χ0v) is 5.77. The molecule has 1 heterocycles. The van der Waals surface area contributed by atoms with Crippen LogP contribution in [0.3, 0.4) is 0 Å². The molecule has 1 aliphatic rings. The Morgan fingerprint density at radius 3 is 2.30 bits per heavy atom. The summed E-state index contributed by atoms with van der Waals surface area (Å²) in [6.07, 6.45) is -2.73. The quantitative estimate of drug-likeness (QED) is 0.438. The predicted molar refractivity (Wildman–Crippen MR) is 33.2 cm³/mol. The molecular weight excluding hydrogens is 136 g/mol. The van der Waals surface area contributed by atoms with E-state index in [0.29, 0.717) is 6.42 Å². The summed E-state index contributed by atoms with van der Waals surface area (Å²) < 4.78 is 4.79. The van der Waals surface area contributed by atoms with Gasteiger partial charge in [0.25, 0.3) is 0 Å². The maximum atomic E-state index is 8.94. The van der Waals surface area contributed by atoms with E-state index in [2.05, 4.69) is 0 Å². The topological polar surface area (TPSA) is 69.9 Å². The van der Waals surface area contributed by atoms with Gasteiger partial charge in [-0.25, -0.2) is 0 Å². The van der Waals surface area contributed by atoms with E-state index in [-0.39, 0.29) is 0 Å². The van der Waals surface area contributed by atoms with Crippen molar-refractivity contribution in [1.29, 1.82) is 0 Å². The van der Waals surface area contributed by atoms with Crippen LogP contribution in [0.1, 0.15) is 13.3 Å². The standard InChI is InChI=1S/C6H12O4/c1-3(7)5-2-4(8)6(9)10-5/h3-9H,2H2,1H3/t3-,4-,5-,6-/m1/s1. The molecule has 1 aliphatic heterocycles. The van der Waals surface area contributed by atoms with Gasteiger partial charge in [-0.3, -0.25) is 0 Å². The first kappa shape index (κ1) is 7.94.